The van der Waals surface area contributed by atoms with Gasteiger partial charge >= 0.3 is 5.97 Å². The van der Waals surface area contributed by atoms with Crippen molar-refractivity contribution in [2.45, 2.75) is 69.1 Å². The van der Waals surface area contributed by atoms with Crippen LogP contribution in [0.1, 0.15) is 51.9 Å². The maximum atomic E-state index is 14.8. The Kier molecular flexibility index (Phi) is 8.85. The number of carbonyl (C=O) groups excluding carboxylic acids is 3. The van der Waals surface area contributed by atoms with Crippen LogP contribution in [-0.2, 0) is 23.9 Å². The lowest BCUT2D eigenvalue weighted by molar-refractivity contribution is -0.160. The van der Waals surface area contributed by atoms with Crippen molar-refractivity contribution < 1.29 is 29.0 Å². The van der Waals surface area contributed by atoms with Gasteiger partial charge in [0.1, 0.15) is 17.6 Å². The third kappa shape index (κ3) is 4.94. The molecule has 5 rings (SSSR count). The molecule has 0 aliphatic carbocycles. The van der Waals surface area contributed by atoms with Gasteiger partial charge in [-0.05, 0) is 67.9 Å². The largest absolute Gasteiger partial charge is 0.465 e. The molecule has 1 N–H and O–H groups in total. The third-order valence-electron chi connectivity index (χ3n) is 9.41. The molecule has 2 bridgehead atoms. The Morgan fingerprint density at radius 2 is 1.90 bits per heavy atom. The Morgan fingerprint density at radius 1 is 1.12 bits per heavy atom. The van der Waals surface area contributed by atoms with E-state index in [1.165, 1.54) is 0 Å². The van der Waals surface area contributed by atoms with Gasteiger partial charge in [-0.25, -0.2) is 0 Å². The second-order valence-electron chi connectivity index (χ2n) is 11.7. The van der Waals surface area contributed by atoms with Gasteiger partial charge in [0.25, 0.3) is 5.91 Å². The second-order valence-corrected chi connectivity index (χ2v) is 11.7. The topological polar surface area (TPSA) is 96.4 Å². The third-order valence-corrected chi connectivity index (χ3v) is 9.41. The van der Waals surface area contributed by atoms with E-state index in [1.807, 2.05) is 49.4 Å². The zero-order valence-electron chi connectivity index (χ0n) is 24.5. The van der Waals surface area contributed by atoms with Crippen LogP contribution in [0.25, 0.3) is 10.8 Å². The number of unbranched alkanes of at least 4 members (excludes halogenated alkanes) is 2. The molecule has 8 heteroatoms. The van der Waals surface area contributed by atoms with Gasteiger partial charge in [0, 0.05) is 25.4 Å². The highest BCUT2D eigenvalue weighted by Gasteiger charge is 2.79. The van der Waals surface area contributed by atoms with E-state index in [-0.39, 0.29) is 31.6 Å². The number of hydrogen-bond donors (Lipinski definition) is 1. The number of esters is 1. The van der Waals surface area contributed by atoms with Crippen LogP contribution in [0.15, 0.2) is 67.8 Å². The zero-order valence-corrected chi connectivity index (χ0v) is 24.5. The summed E-state index contributed by atoms with van der Waals surface area (Å²) >= 11 is 0. The number of aliphatic hydroxyl groups is 1. The van der Waals surface area contributed by atoms with E-state index in [4.69, 9.17) is 9.47 Å². The number of hydrogen-bond acceptors (Lipinski definition) is 6. The van der Waals surface area contributed by atoms with Gasteiger partial charge in [0.05, 0.1) is 18.1 Å². The maximum absolute atomic E-state index is 14.8. The van der Waals surface area contributed by atoms with Crippen molar-refractivity contribution in [2.24, 2.45) is 11.8 Å². The molecule has 3 heterocycles. The Hall–Kier alpha value is -3.49. The predicted molar refractivity (Wildman–Crippen MR) is 162 cm³/mol. The first kappa shape index (κ1) is 30.0. The average Bonchev–Trinajstić information content (AvgIpc) is 3.61. The lowest BCUT2D eigenvalue weighted by Crippen LogP contribution is -2.56. The monoisotopic (exact) mass is 574 g/mol. The minimum absolute atomic E-state index is 0.0682. The highest BCUT2D eigenvalue weighted by Crippen LogP contribution is 2.64. The second kappa shape index (κ2) is 12.4. The first-order valence-corrected chi connectivity index (χ1v) is 15.2. The van der Waals surface area contributed by atoms with Crippen LogP contribution in [0.4, 0.5) is 5.69 Å². The summed E-state index contributed by atoms with van der Waals surface area (Å²) in [5.74, 6) is -2.48. The number of rotatable bonds is 14. The fourth-order valence-corrected chi connectivity index (χ4v) is 7.44. The van der Waals surface area contributed by atoms with E-state index in [1.54, 1.807) is 22.0 Å². The lowest BCUT2D eigenvalue weighted by atomic mass is 9.65. The molecule has 5 atom stereocenters. The summed E-state index contributed by atoms with van der Waals surface area (Å²) in [5, 5.41) is 11.4. The average molecular weight is 575 g/mol. The van der Waals surface area contributed by atoms with Gasteiger partial charge in [-0.1, -0.05) is 49.4 Å². The molecule has 42 heavy (non-hydrogen) atoms. The van der Waals surface area contributed by atoms with Gasteiger partial charge in [-0.3, -0.25) is 14.4 Å². The number of benzene rings is 2. The minimum Gasteiger partial charge on any atom is -0.465 e. The molecule has 2 aromatic carbocycles. The highest BCUT2D eigenvalue weighted by atomic mass is 16.6. The van der Waals surface area contributed by atoms with Crippen molar-refractivity contribution in [1.82, 2.24) is 4.90 Å². The number of fused-ring (bicyclic) bond motifs is 2. The quantitative estimate of drug-likeness (QED) is 0.198. The van der Waals surface area contributed by atoms with Crippen LogP contribution in [0.3, 0.4) is 0 Å². The molecule has 0 aromatic heterocycles. The summed E-state index contributed by atoms with van der Waals surface area (Å²) < 4.78 is 12.5. The number of nitrogens with zero attached hydrogens (tertiary/aromatic N) is 2. The van der Waals surface area contributed by atoms with E-state index in [0.29, 0.717) is 57.2 Å². The SMILES string of the molecule is C=CCCOC(=O)[C@@H]1[C@H]2C(=O)N(CCCCCO)C(C(=O)N(CC=C)c3ccc4ccccc4c3)C23CC[C@@]1(CC)O3. The van der Waals surface area contributed by atoms with Crippen molar-refractivity contribution >= 4 is 34.2 Å². The molecule has 0 saturated carbocycles. The summed E-state index contributed by atoms with van der Waals surface area (Å²) in [7, 11) is 0. The smallest absolute Gasteiger partial charge is 0.312 e. The number of aliphatic hydroxyl groups excluding tert-OH is 1. The number of amides is 2. The van der Waals surface area contributed by atoms with Crippen molar-refractivity contribution in [1.29, 1.82) is 0 Å². The summed E-state index contributed by atoms with van der Waals surface area (Å²) in [6.45, 7) is 10.4. The van der Waals surface area contributed by atoms with Gasteiger partial charge in [-0.2, -0.15) is 0 Å². The molecule has 3 saturated heterocycles. The van der Waals surface area contributed by atoms with Crippen molar-refractivity contribution in [3.8, 4) is 0 Å². The van der Waals surface area contributed by atoms with Crippen LogP contribution >= 0.6 is 0 Å². The Morgan fingerprint density at radius 3 is 2.62 bits per heavy atom. The van der Waals surface area contributed by atoms with Crippen molar-refractivity contribution in [3.63, 3.8) is 0 Å². The van der Waals surface area contributed by atoms with Gasteiger partial charge in [0.15, 0.2) is 0 Å². The molecule has 1 spiro atoms. The fraction of sp³-hybridized carbons (Fsp3) is 0.500. The summed E-state index contributed by atoms with van der Waals surface area (Å²) in [5.41, 5.74) is -1.26. The van der Waals surface area contributed by atoms with Gasteiger partial charge in [0.2, 0.25) is 5.91 Å². The van der Waals surface area contributed by atoms with E-state index in [9.17, 15) is 19.5 Å². The number of ether oxygens (including phenoxy) is 2. The van der Waals surface area contributed by atoms with Crippen LogP contribution < -0.4 is 4.90 Å². The minimum atomic E-state index is -1.13. The molecule has 0 radical (unpaired) electrons. The van der Waals surface area contributed by atoms with Gasteiger partial charge in [-0.15, -0.1) is 13.2 Å². The Labute approximate surface area is 248 Å². The van der Waals surface area contributed by atoms with Gasteiger partial charge < -0.3 is 24.4 Å². The molecule has 2 amide bonds. The molecule has 224 valence electrons. The number of anilines is 1. The van der Waals surface area contributed by atoms with Crippen molar-refractivity contribution in [3.05, 3.63) is 67.8 Å². The molecular formula is C34H42N2O6. The van der Waals surface area contributed by atoms with E-state index >= 15 is 0 Å². The summed E-state index contributed by atoms with van der Waals surface area (Å²) in [6.07, 6.45) is 7.47. The summed E-state index contributed by atoms with van der Waals surface area (Å²) in [6, 6.07) is 13.0. The number of likely N-dealkylation sites (tertiary alicyclic amines) is 1. The summed E-state index contributed by atoms with van der Waals surface area (Å²) in [4.78, 5) is 46.0. The molecule has 8 nitrogen and oxygen atoms in total. The van der Waals surface area contributed by atoms with Crippen LogP contribution in [0, 0.1) is 11.8 Å². The van der Waals surface area contributed by atoms with Crippen molar-refractivity contribution in [2.75, 3.05) is 31.2 Å². The van der Waals surface area contributed by atoms with E-state index in [2.05, 4.69) is 13.2 Å². The molecule has 3 aliphatic rings. The molecule has 3 fully saturated rings. The van der Waals surface area contributed by atoms with E-state index < -0.39 is 35.0 Å². The van der Waals surface area contributed by atoms with Crippen LogP contribution in [0.5, 0.6) is 0 Å². The Bertz CT molecular complexity index is 1360. The maximum Gasteiger partial charge on any atom is 0.312 e. The number of carbonyl (C=O) groups is 3. The normalized spacial score (nSPS) is 27.7. The fourth-order valence-electron chi connectivity index (χ4n) is 7.44. The predicted octanol–water partition coefficient (Wildman–Crippen LogP) is 4.80. The van der Waals surface area contributed by atoms with Crippen LogP contribution in [-0.4, -0.2) is 71.3 Å². The van der Waals surface area contributed by atoms with E-state index in [0.717, 1.165) is 10.8 Å². The molecule has 3 aliphatic heterocycles. The lowest BCUT2D eigenvalue weighted by Gasteiger charge is -2.37. The molecule has 2 unspecified atom stereocenters. The standard InChI is InChI=1S/C34H42N2O6/c1-4-7-22-41-32(40)28-27-30(38)36(20-11-8-12-21-37)29(34(27)18-17-33(28,6-3)42-34)31(39)35(19-5-2)26-16-15-24-13-9-10-14-25(24)23-26/h4-5,9-10,13-16,23,27-29,37H,1-2,6-8,11-12,17-22H2,3H3/t27-,28-,29?,33+,34?/m0/s1. The van der Waals surface area contributed by atoms with Crippen LogP contribution in [0.2, 0.25) is 0 Å². The highest BCUT2D eigenvalue weighted by molar-refractivity contribution is 6.05. The first-order valence-electron chi connectivity index (χ1n) is 15.2. The molecule has 2 aromatic rings. The zero-order chi connectivity index (χ0) is 29.9. The first-order chi connectivity index (χ1) is 20.4. The molecular weight excluding hydrogens is 532 g/mol. The Balaban J connectivity index is 1.55.